The Morgan fingerprint density at radius 3 is 1.85 bits per heavy atom. The Morgan fingerprint density at radius 2 is 1.37 bits per heavy atom. The predicted molar refractivity (Wildman–Crippen MR) is 99.8 cm³/mol. The van der Waals surface area contributed by atoms with E-state index in [0.29, 0.717) is 0 Å². The maximum absolute atomic E-state index is 13.0. The first-order valence-corrected chi connectivity index (χ1v) is 8.51. The molecule has 0 spiro atoms. The van der Waals surface area contributed by atoms with Crippen LogP contribution in [-0.4, -0.2) is 5.91 Å². The molecular formula is C21H15ClF3NO. The zero-order valence-corrected chi connectivity index (χ0v) is 14.8. The Bertz CT molecular complexity index is 888. The molecule has 0 saturated heterocycles. The molecule has 0 saturated carbocycles. The molecular weight excluding hydrogens is 375 g/mol. The number of rotatable bonds is 4. The summed E-state index contributed by atoms with van der Waals surface area (Å²) >= 11 is 6.01. The second-order valence-corrected chi connectivity index (χ2v) is 6.34. The van der Waals surface area contributed by atoms with Crippen molar-refractivity contribution in [2.75, 3.05) is 5.32 Å². The van der Waals surface area contributed by atoms with Crippen molar-refractivity contribution >= 4 is 23.2 Å². The van der Waals surface area contributed by atoms with Gasteiger partial charge in [-0.15, -0.1) is 0 Å². The van der Waals surface area contributed by atoms with Crippen molar-refractivity contribution in [3.05, 3.63) is 101 Å². The summed E-state index contributed by atoms with van der Waals surface area (Å²) in [6, 6.07) is 20.9. The summed E-state index contributed by atoms with van der Waals surface area (Å²) in [6.45, 7) is 0. The van der Waals surface area contributed by atoms with E-state index in [4.69, 9.17) is 11.6 Å². The standard InChI is InChI=1S/C21H15ClF3NO/c22-17-12-11-16(21(23,24)25)13-18(17)26-20(27)19(14-7-3-1-4-8-14)15-9-5-2-6-10-15/h1-13,19H,(H,26,27). The Hall–Kier alpha value is -2.79. The Kier molecular flexibility index (Phi) is 5.51. The molecule has 2 nitrogen and oxygen atoms in total. The summed E-state index contributed by atoms with van der Waals surface area (Å²) in [4.78, 5) is 13.0. The molecule has 0 unspecified atom stereocenters. The highest BCUT2D eigenvalue weighted by Gasteiger charge is 2.31. The third kappa shape index (κ3) is 4.49. The van der Waals surface area contributed by atoms with Crippen molar-refractivity contribution in [3.63, 3.8) is 0 Å². The minimum atomic E-state index is -4.53. The van der Waals surface area contributed by atoms with E-state index in [2.05, 4.69) is 5.32 Å². The lowest BCUT2D eigenvalue weighted by atomic mass is 9.90. The van der Waals surface area contributed by atoms with Crippen molar-refractivity contribution in [3.8, 4) is 0 Å². The van der Waals surface area contributed by atoms with Crippen LogP contribution in [0.1, 0.15) is 22.6 Å². The molecule has 0 aromatic heterocycles. The molecule has 0 bridgehead atoms. The summed E-state index contributed by atoms with van der Waals surface area (Å²) in [5.74, 6) is -1.15. The average Bonchev–Trinajstić information content (AvgIpc) is 2.64. The molecule has 3 aromatic carbocycles. The summed E-state index contributed by atoms with van der Waals surface area (Å²) in [5, 5.41) is 2.59. The molecule has 138 valence electrons. The number of halogens is 4. The summed E-state index contributed by atoms with van der Waals surface area (Å²) in [6.07, 6.45) is -4.53. The predicted octanol–water partition coefficient (Wildman–Crippen LogP) is 6.13. The molecule has 0 heterocycles. The van der Waals surface area contributed by atoms with Gasteiger partial charge in [0, 0.05) is 0 Å². The van der Waals surface area contributed by atoms with Crippen molar-refractivity contribution in [1.82, 2.24) is 0 Å². The molecule has 3 aromatic rings. The third-order valence-corrected chi connectivity index (χ3v) is 4.41. The monoisotopic (exact) mass is 389 g/mol. The van der Waals surface area contributed by atoms with Gasteiger partial charge in [0.2, 0.25) is 5.91 Å². The van der Waals surface area contributed by atoms with Gasteiger partial charge in [-0.25, -0.2) is 0 Å². The molecule has 0 aliphatic heterocycles. The van der Waals surface area contributed by atoms with Crippen molar-refractivity contribution in [2.24, 2.45) is 0 Å². The lowest BCUT2D eigenvalue weighted by Gasteiger charge is -2.19. The SMILES string of the molecule is O=C(Nc1cc(C(F)(F)F)ccc1Cl)C(c1ccccc1)c1ccccc1. The van der Waals surface area contributed by atoms with Crippen LogP contribution >= 0.6 is 11.6 Å². The second kappa shape index (κ2) is 7.84. The third-order valence-electron chi connectivity index (χ3n) is 4.08. The lowest BCUT2D eigenvalue weighted by Crippen LogP contribution is -2.22. The first-order valence-electron chi connectivity index (χ1n) is 8.14. The normalized spacial score (nSPS) is 11.4. The zero-order valence-electron chi connectivity index (χ0n) is 14.0. The minimum absolute atomic E-state index is 0.0382. The largest absolute Gasteiger partial charge is 0.416 e. The highest BCUT2D eigenvalue weighted by atomic mass is 35.5. The Morgan fingerprint density at radius 1 is 0.852 bits per heavy atom. The molecule has 1 amide bonds. The molecule has 1 N–H and O–H groups in total. The number of amides is 1. The zero-order chi connectivity index (χ0) is 19.4. The number of hydrogen-bond acceptors (Lipinski definition) is 1. The quantitative estimate of drug-likeness (QED) is 0.571. The number of alkyl halides is 3. The Balaban J connectivity index is 1.97. The van der Waals surface area contributed by atoms with Crippen LogP contribution in [0.4, 0.5) is 18.9 Å². The van der Waals surface area contributed by atoms with Gasteiger partial charge in [0.15, 0.2) is 0 Å². The van der Waals surface area contributed by atoms with Crippen LogP contribution in [-0.2, 0) is 11.0 Å². The number of anilines is 1. The van der Waals surface area contributed by atoms with Crippen LogP contribution < -0.4 is 5.32 Å². The summed E-state index contributed by atoms with van der Waals surface area (Å²) in [5.41, 5.74) is 0.500. The van der Waals surface area contributed by atoms with E-state index in [1.807, 2.05) is 12.1 Å². The first kappa shape index (κ1) is 19.0. The molecule has 0 aliphatic carbocycles. The van der Waals surface area contributed by atoms with Crippen molar-refractivity contribution < 1.29 is 18.0 Å². The van der Waals surface area contributed by atoms with Crippen molar-refractivity contribution in [1.29, 1.82) is 0 Å². The van der Waals surface area contributed by atoms with Crippen LogP contribution in [0.2, 0.25) is 5.02 Å². The second-order valence-electron chi connectivity index (χ2n) is 5.94. The fourth-order valence-corrected chi connectivity index (χ4v) is 2.95. The average molecular weight is 390 g/mol. The number of hydrogen-bond donors (Lipinski definition) is 1. The van der Waals surface area contributed by atoms with Gasteiger partial charge >= 0.3 is 6.18 Å². The number of nitrogens with one attached hydrogen (secondary N) is 1. The van der Waals surface area contributed by atoms with E-state index in [-0.39, 0.29) is 10.7 Å². The van der Waals surface area contributed by atoms with Crippen LogP contribution in [0, 0.1) is 0 Å². The van der Waals surface area contributed by atoms with E-state index >= 15 is 0 Å². The number of carbonyl (C=O) groups is 1. The van der Waals surface area contributed by atoms with E-state index in [1.165, 1.54) is 0 Å². The van der Waals surface area contributed by atoms with E-state index < -0.39 is 23.6 Å². The van der Waals surface area contributed by atoms with Gasteiger partial charge in [-0.2, -0.15) is 13.2 Å². The summed E-state index contributed by atoms with van der Waals surface area (Å²) < 4.78 is 38.9. The van der Waals surface area contributed by atoms with E-state index in [1.54, 1.807) is 48.5 Å². The van der Waals surface area contributed by atoms with Gasteiger partial charge in [-0.1, -0.05) is 72.3 Å². The van der Waals surface area contributed by atoms with E-state index in [0.717, 1.165) is 29.3 Å². The molecule has 0 atom stereocenters. The minimum Gasteiger partial charge on any atom is -0.324 e. The van der Waals surface area contributed by atoms with Gasteiger partial charge in [0.25, 0.3) is 0 Å². The van der Waals surface area contributed by atoms with Crippen LogP contribution in [0.25, 0.3) is 0 Å². The number of benzene rings is 3. The highest BCUT2D eigenvalue weighted by molar-refractivity contribution is 6.33. The maximum Gasteiger partial charge on any atom is 0.416 e. The molecule has 27 heavy (non-hydrogen) atoms. The van der Waals surface area contributed by atoms with E-state index in [9.17, 15) is 18.0 Å². The first-order chi connectivity index (χ1) is 12.9. The van der Waals surface area contributed by atoms with Gasteiger partial charge in [-0.3, -0.25) is 4.79 Å². The summed E-state index contributed by atoms with van der Waals surface area (Å²) in [7, 11) is 0. The topological polar surface area (TPSA) is 29.1 Å². The maximum atomic E-state index is 13.0. The molecule has 3 rings (SSSR count). The lowest BCUT2D eigenvalue weighted by molar-refractivity contribution is -0.137. The Labute approximate surface area is 159 Å². The fourth-order valence-electron chi connectivity index (χ4n) is 2.79. The molecule has 0 radical (unpaired) electrons. The molecule has 6 heteroatoms. The smallest absolute Gasteiger partial charge is 0.324 e. The van der Waals surface area contributed by atoms with Gasteiger partial charge in [0.05, 0.1) is 22.2 Å². The van der Waals surface area contributed by atoms with Crippen molar-refractivity contribution in [2.45, 2.75) is 12.1 Å². The molecule has 0 fully saturated rings. The fraction of sp³-hybridized carbons (Fsp3) is 0.0952. The number of carbonyl (C=O) groups excluding carboxylic acids is 1. The van der Waals surface area contributed by atoms with Gasteiger partial charge in [0.1, 0.15) is 0 Å². The highest BCUT2D eigenvalue weighted by Crippen LogP contribution is 2.35. The van der Waals surface area contributed by atoms with Crippen LogP contribution in [0.5, 0.6) is 0 Å². The van der Waals surface area contributed by atoms with Crippen LogP contribution in [0.3, 0.4) is 0 Å². The molecule has 0 aliphatic rings. The van der Waals surface area contributed by atoms with Gasteiger partial charge < -0.3 is 5.32 Å². The van der Waals surface area contributed by atoms with Crippen LogP contribution in [0.15, 0.2) is 78.9 Å². The van der Waals surface area contributed by atoms with Gasteiger partial charge in [-0.05, 0) is 29.3 Å².